The molecule has 1 amide bonds. The first-order chi connectivity index (χ1) is 26.9. The van der Waals surface area contributed by atoms with E-state index >= 15 is 0 Å². The number of carbonyl (C=O) groups excluding carboxylic acids is 3. The summed E-state index contributed by atoms with van der Waals surface area (Å²) >= 11 is 0. The number of allylic oxidation sites excluding steroid dienone is 12. The van der Waals surface area contributed by atoms with E-state index in [1.54, 1.807) is 56.9 Å². The number of hydrogen-bond donors (Lipinski definition) is 1. The smallest absolute Gasteiger partial charge is 0.457 e. The minimum Gasteiger partial charge on any atom is -0.457 e. The summed E-state index contributed by atoms with van der Waals surface area (Å²) in [5.74, 6) is -0.500. The Balaban J connectivity index is 0.919. The monoisotopic (exact) mass is 746 g/mol. The van der Waals surface area contributed by atoms with Crippen molar-refractivity contribution in [1.82, 2.24) is 50.3 Å². The van der Waals surface area contributed by atoms with E-state index in [4.69, 9.17) is 18.9 Å². The first kappa shape index (κ1) is 36.4. The third kappa shape index (κ3) is 10.8. The number of nitrogens with one attached hydrogen (secondary N) is 1. The molecule has 0 spiro atoms. The predicted molar refractivity (Wildman–Crippen MR) is 193 cm³/mol. The van der Waals surface area contributed by atoms with Gasteiger partial charge in [0.1, 0.15) is 48.7 Å². The van der Waals surface area contributed by atoms with Gasteiger partial charge in [-0.15, -0.1) is 15.3 Å². The Morgan fingerprint density at radius 1 is 0.709 bits per heavy atom. The molecule has 0 saturated carbocycles. The molecule has 3 heterocycles. The zero-order valence-corrected chi connectivity index (χ0v) is 29.8. The van der Waals surface area contributed by atoms with Crippen LogP contribution in [0.15, 0.2) is 114 Å². The summed E-state index contributed by atoms with van der Waals surface area (Å²) in [6.07, 6.45) is 24.3. The Hall–Kier alpha value is -6.91. The summed E-state index contributed by atoms with van der Waals surface area (Å²) in [5, 5.41) is 27.1. The second kappa shape index (κ2) is 17.7. The lowest BCUT2D eigenvalue weighted by Crippen LogP contribution is -2.43. The second-order valence-corrected chi connectivity index (χ2v) is 12.9. The molecule has 0 aliphatic heterocycles. The Morgan fingerprint density at radius 2 is 1.29 bits per heavy atom. The van der Waals surface area contributed by atoms with Gasteiger partial charge in [0.2, 0.25) is 0 Å². The van der Waals surface area contributed by atoms with Gasteiger partial charge >= 0.3 is 18.2 Å². The van der Waals surface area contributed by atoms with E-state index < -0.39 is 24.3 Å². The van der Waals surface area contributed by atoms with Crippen LogP contribution in [0.5, 0.6) is 5.75 Å². The van der Waals surface area contributed by atoms with Crippen molar-refractivity contribution in [1.29, 1.82) is 0 Å². The lowest BCUT2D eigenvalue weighted by molar-refractivity contribution is -0.147. The maximum Gasteiger partial charge on any atom is 0.514 e. The number of aromatic nitrogens is 9. The summed E-state index contributed by atoms with van der Waals surface area (Å²) in [7, 11) is 0. The van der Waals surface area contributed by atoms with E-state index in [-0.39, 0.29) is 32.0 Å². The van der Waals surface area contributed by atoms with Gasteiger partial charge < -0.3 is 24.3 Å². The van der Waals surface area contributed by atoms with Gasteiger partial charge in [0.15, 0.2) is 0 Å². The van der Waals surface area contributed by atoms with E-state index in [1.807, 2.05) is 30.4 Å². The number of carbonyl (C=O) groups is 3. The predicted octanol–water partition coefficient (Wildman–Crippen LogP) is 4.42. The van der Waals surface area contributed by atoms with Crippen LogP contribution < -0.4 is 10.1 Å². The van der Waals surface area contributed by atoms with Crippen LogP contribution in [0.4, 0.5) is 9.59 Å². The fraction of sp³-hybridized carbons (Fsp3) is 0.289. The Morgan fingerprint density at radius 3 is 1.85 bits per heavy atom. The number of benzene rings is 1. The molecule has 3 aromatic heterocycles. The van der Waals surface area contributed by atoms with Crippen molar-refractivity contribution in [2.24, 2.45) is 0 Å². The zero-order chi connectivity index (χ0) is 37.8. The van der Waals surface area contributed by atoms with Gasteiger partial charge in [0.05, 0.1) is 38.2 Å². The molecule has 55 heavy (non-hydrogen) atoms. The summed E-state index contributed by atoms with van der Waals surface area (Å²) < 4.78 is 26.5. The summed E-state index contributed by atoms with van der Waals surface area (Å²) in [5.41, 5.74) is 5.51. The highest BCUT2D eigenvalue weighted by Crippen LogP contribution is 2.17. The Labute approximate surface area is 315 Å². The van der Waals surface area contributed by atoms with Crippen molar-refractivity contribution >= 4 is 18.2 Å². The highest BCUT2D eigenvalue weighted by Gasteiger charge is 2.25. The molecule has 1 atom stereocenters. The molecular formula is C38H38N10O7. The van der Waals surface area contributed by atoms with E-state index in [9.17, 15) is 14.4 Å². The molecule has 0 unspecified atom stereocenters. The molecule has 0 saturated heterocycles. The number of ether oxygens (including phenoxy) is 4. The molecule has 17 nitrogen and oxygen atoms in total. The minimum atomic E-state index is -1.14. The lowest BCUT2D eigenvalue weighted by Gasteiger charge is -2.17. The number of nitrogens with zero attached hydrogens (tertiary/aromatic N) is 9. The summed E-state index contributed by atoms with van der Waals surface area (Å²) in [6.45, 7) is 1.31. The van der Waals surface area contributed by atoms with Gasteiger partial charge in [-0.3, -0.25) is 0 Å². The molecule has 3 aliphatic carbocycles. The van der Waals surface area contributed by atoms with E-state index in [2.05, 4.69) is 60.6 Å². The normalized spacial score (nSPS) is 14.7. The van der Waals surface area contributed by atoms with Crippen molar-refractivity contribution in [3.05, 3.63) is 137 Å². The first-order valence-corrected chi connectivity index (χ1v) is 17.7. The minimum absolute atomic E-state index is 0.0355. The van der Waals surface area contributed by atoms with Crippen molar-refractivity contribution in [2.75, 3.05) is 0 Å². The number of amides is 1. The van der Waals surface area contributed by atoms with Crippen LogP contribution in [0.1, 0.15) is 41.9 Å². The summed E-state index contributed by atoms with van der Waals surface area (Å²) in [4.78, 5) is 38.7. The standard InChI is InChI=1S/C38H38N10O7/c49-36(52-24-31-21-46(43-40-31)18-28-7-1-2-8-28)35(39-37(50)53-25-32-22-47(44-41-32)19-29-9-3-4-10-29)17-27-13-15-34(16-14-27)55-38(51)54-26-33-23-48(45-42-33)20-30-11-5-6-12-30/h1,3-9,11,13-16,21-23,35H,2,10,12,17-20,24-26H2,(H,39,50)/t35-/m0/s1. The highest BCUT2D eigenvalue weighted by atomic mass is 16.7. The lowest BCUT2D eigenvalue weighted by atomic mass is 10.1. The molecule has 0 bridgehead atoms. The van der Waals surface area contributed by atoms with Crippen LogP contribution in [0.25, 0.3) is 0 Å². The summed E-state index contributed by atoms with van der Waals surface area (Å²) in [6, 6.07) is 5.26. The van der Waals surface area contributed by atoms with E-state index in [1.165, 1.54) is 11.1 Å². The number of alkyl carbamates (subject to hydrolysis) is 1. The van der Waals surface area contributed by atoms with Crippen molar-refractivity contribution in [2.45, 2.75) is 71.2 Å². The number of rotatable bonds is 17. The van der Waals surface area contributed by atoms with Gasteiger partial charge in [0, 0.05) is 6.42 Å². The Bertz CT molecular complexity index is 2190. The number of hydrogen-bond acceptors (Lipinski definition) is 13. The van der Waals surface area contributed by atoms with Crippen LogP contribution in [-0.2, 0) is 64.9 Å². The first-order valence-electron chi connectivity index (χ1n) is 17.7. The van der Waals surface area contributed by atoms with Crippen molar-refractivity contribution < 1.29 is 33.3 Å². The molecule has 1 aromatic carbocycles. The highest BCUT2D eigenvalue weighted by molar-refractivity contribution is 5.81. The van der Waals surface area contributed by atoms with Gasteiger partial charge in [-0.2, -0.15) is 0 Å². The third-order valence-electron chi connectivity index (χ3n) is 8.57. The molecule has 0 fully saturated rings. The molecule has 282 valence electrons. The molecule has 3 aliphatic rings. The SMILES string of the molecule is O=C(N[C@@H](Cc1ccc(OC(=O)OCc2cn(CC3=CC=CC3)nn2)cc1)C(=O)OCc1cn(CC2=CCC=C2)nn1)OCc1cn(CC2=CC=CC2)nn1. The zero-order valence-electron chi connectivity index (χ0n) is 29.8. The molecule has 1 N–H and O–H groups in total. The maximum atomic E-state index is 13.4. The Kier molecular flexibility index (Phi) is 11.8. The average molecular weight is 747 g/mol. The fourth-order valence-corrected chi connectivity index (χ4v) is 5.84. The van der Waals surface area contributed by atoms with Gasteiger partial charge in [-0.25, -0.2) is 28.4 Å². The van der Waals surface area contributed by atoms with Gasteiger partial charge in [-0.05, 0) is 53.7 Å². The van der Waals surface area contributed by atoms with Crippen LogP contribution in [0.3, 0.4) is 0 Å². The number of esters is 1. The molecular weight excluding hydrogens is 708 g/mol. The van der Waals surface area contributed by atoms with Gasteiger partial charge in [0.25, 0.3) is 0 Å². The second-order valence-electron chi connectivity index (χ2n) is 12.9. The molecule has 0 radical (unpaired) electrons. The molecule has 17 heteroatoms. The van der Waals surface area contributed by atoms with Gasteiger partial charge in [-0.1, -0.05) is 82.5 Å². The van der Waals surface area contributed by atoms with E-state index in [0.29, 0.717) is 42.3 Å². The fourth-order valence-electron chi connectivity index (χ4n) is 5.84. The maximum absolute atomic E-state index is 13.4. The quantitative estimate of drug-likeness (QED) is 0.0908. The van der Waals surface area contributed by atoms with Crippen LogP contribution in [0, 0.1) is 0 Å². The third-order valence-corrected chi connectivity index (χ3v) is 8.57. The topological polar surface area (TPSA) is 192 Å². The molecule has 7 rings (SSSR count). The molecule has 4 aromatic rings. The van der Waals surface area contributed by atoms with Crippen molar-refractivity contribution in [3.63, 3.8) is 0 Å². The van der Waals surface area contributed by atoms with Crippen LogP contribution in [-0.4, -0.2) is 69.2 Å². The van der Waals surface area contributed by atoms with Crippen LogP contribution in [0.2, 0.25) is 0 Å². The van der Waals surface area contributed by atoms with Crippen molar-refractivity contribution in [3.8, 4) is 5.75 Å². The largest absolute Gasteiger partial charge is 0.514 e. The van der Waals surface area contributed by atoms with E-state index in [0.717, 1.165) is 24.8 Å². The van der Waals surface area contributed by atoms with Crippen LogP contribution >= 0.6 is 0 Å². The average Bonchev–Trinajstić information content (AvgIpc) is 4.04.